The van der Waals surface area contributed by atoms with Crippen LogP contribution in [-0.2, 0) is 16.1 Å². The van der Waals surface area contributed by atoms with Gasteiger partial charge in [-0.15, -0.1) is 6.58 Å². The van der Waals surface area contributed by atoms with Crippen LogP contribution in [0.4, 0.5) is 5.69 Å². The van der Waals surface area contributed by atoms with Crippen LogP contribution in [0.3, 0.4) is 0 Å². The van der Waals surface area contributed by atoms with Gasteiger partial charge in [0.15, 0.2) is 6.29 Å². The average Bonchev–Trinajstić information content (AvgIpc) is 2.89. The fourth-order valence-corrected chi connectivity index (χ4v) is 4.19. The van der Waals surface area contributed by atoms with Crippen molar-refractivity contribution in [2.75, 3.05) is 25.5 Å². The van der Waals surface area contributed by atoms with E-state index in [0.29, 0.717) is 11.3 Å². The smallest absolute Gasteiger partial charge is 0.255 e. The zero-order valence-electron chi connectivity index (χ0n) is 20.0. The first-order chi connectivity index (χ1) is 17.1. The van der Waals surface area contributed by atoms with E-state index in [1.54, 1.807) is 12.1 Å². The number of aliphatic hydroxyl groups is 1. The van der Waals surface area contributed by atoms with Crippen LogP contribution in [0.15, 0.2) is 91.5 Å². The van der Waals surface area contributed by atoms with Crippen molar-refractivity contribution in [3.05, 3.63) is 114 Å². The lowest BCUT2D eigenvalue weighted by atomic mass is 9.99. The number of hydrogen-bond acceptors (Lipinski definition) is 5. The fourth-order valence-electron chi connectivity index (χ4n) is 4.19. The maximum atomic E-state index is 12.5. The van der Waals surface area contributed by atoms with Crippen molar-refractivity contribution in [3.8, 4) is 0 Å². The highest BCUT2D eigenvalue weighted by molar-refractivity contribution is 6.04. The summed E-state index contributed by atoms with van der Waals surface area (Å²) in [5.74, 6) is -0.153. The van der Waals surface area contributed by atoms with E-state index in [1.165, 1.54) is 0 Å². The largest absolute Gasteiger partial charge is 0.392 e. The van der Waals surface area contributed by atoms with Gasteiger partial charge in [0.25, 0.3) is 5.91 Å². The molecule has 3 aromatic rings. The van der Waals surface area contributed by atoms with Gasteiger partial charge in [-0.05, 0) is 42.4 Å². The Hall–Kier alpha value is -3.29. The number of nitrogens with one attached hydrogen (secondary N) is 1. The highest BCUT2D eigenvalue weighted by atomic mass is 16.7. The number of carbonyl (C=O) groups excluding carboxylic acids is 1. The third-order valence-electron chi connectivity index (χ3n) is 6.05. The Labute approximate surface area is 206 Å². The van der Waals surface area contributed by atoms with Gasteiger partial charge in [-0.1, -0.05) is 60.7 Å². The SMILES string of the molecule is C=CCN(C)C[C@@H]1C[C@H](c2ccc(CO)cc2)O[C@H](c2ccc(NC(=O)c3ccccc3)cc2)O1. The molecule has 0 radical (unpaired) electrons. The summed E-state index contributed by atoms with van der Waals surface area (Å²) in [5.41, 5.74) is 4.12. The van der Waals surface area contributed by atoms with Crippen LogP contribution in [0.25, 0.3) is 0 Å². The number of ether oxygens (including phenoxy) is 2. The van der Waals surface area contributed by atoms with Crippen molar-refractivity contribution < 1.29 is 19.4 Å². The molecule has 3 atom stereocenters. The zero-order valence-corrected chi connectivity index (χ0v) is 20.0. The summed E-state index contributed by atoms with van der Waals surface area (Å²) in [6, 6.07) is 24.6. The second kappa shape index (κ2) is 11.9. The van der Waals surface area contributed by atoms with E-state index < -0.39 is 6.29 Å². The molecular weight excluding hydrogens is 440 g/mol. The van der Waals surface area contributed by atoms with Crippen molar-refractivity contribution in [1.29, 1.82) is 0 Å². The molecule has 2 N–H and O–H groups in total. The highest BCUT2D eigenvalue weighted by Gasteiger charge is 2.32. The first kappa shape index (κ1) is 24.8. The summed E-state index contributed by atoms with van der Waals surface area (Å²) in [6.45, 7) is 5.37. The number of rotatable bonds is 9. The van der Waals surface area contributed by atoms with Crippen LogP contribution >= 0.6 is 0 Å². The third-order valence-corrected chi connectivity index (χ3v) is 6.05. The van der Waals surface area contributed by atoms with Gasteiger partial charge in [-0.25, -0.2) is 0 Å². The number of anilines is 1. The van der Waals surface area contributed by atoms with Crippen molar-refractivity contribution in [3.63, 3.8) is 0 Å². The Morgan fingerprint density at radius 2 is 1.71 bits per heavy atom. The number of hydrogen-bond donors (Lipinski definition) is 2. The topological polar surface area (TPSA) is 71.0 Å². The molecule has 182 valence electrons. The molecular formula is C29H32N2O4. The molecule has 1 fully saturated rings. The summed E-state index contributed by atoms with van der Waals surface area (Å²) in [6.07, 6.45) is 1.90. The maximum absolute atomic E-state index is 12.5. The molecule has 0 aliphatic carbocycles. The van der Waals surface area contributed by atoms with Crippen molar-refractivity contribution in [1.82, 2.24) is 4.90 Å². The Morgan fingerprint density at radius 1 is 1.03 bits per heavy atom. The van der Waals surface area contributed by atoms with E-state index in [9.17, 15) is 9.90 Å². The minimum Gasteiger partial charge on any atom is -0.392 e. The number of likely N-dealkylation sites (N-methyl/N-ethyl adjacent to an activating group) is 1. The molecule has 3 aromatic carbocycles. The molecule has 6 heteroatoms. The lowest BCUT2D eigenvalue weighted by molar-refractivity contribution is -0.252. The molecule has 1 aliphatic heterocycles. The van der Waals surface area contributed by atoms with E-state index in [-0.39, 0.29) is 24.7 Å². The van der Waals surface area contributed by atoms with E-state index in [0.717, 1.165) is 36.2 Å². The van der Waals surface area contributed by atoms with E-state index in [1.807, 2.05) is 79.9 Å². The molecule has 1 heterocycles. The van der Waals surface area contributed by atoms with E-state index in [4.69, 9.17) is 9.47 Å². The fraction of sp³-hybridized carbons (Fsp3) is 0.276. The Morgan fingerprint density at radius 3 is 2.37 bits per heavy atom. The summed E-state index contributed by atoms with van der Waals surface area (Å²) >= 11 is 0. The first-order valence-corrected chi connectivity index (χ1v) is 11.8. The van der Waals surface area contributed by atoms with Crippen LogP contribution < -0.4 is 5.32 Å². The molecule has 0 saturated carbocycles. The van der Waals surface area contributed by atoms with Gasteiger partial charge in [-0.3, -0.25) is 4.79 Å². The number of amides is 1. The van der Waals surface area contributed by atoms with Gasteiger partial charge in [0.1, 0.15) is 0 Å². The highest BCUT2D eigenvalue weighted by Crippen LogP contribution is 2.38. The predicted octanol–water partition coefficient (Wildman–Crippen LogP) is 5.09. The van der Waals surface area contributed by atoms with Gasteiger partial charge in [0.05, 0.1) is 18.8 Å². The monoisotopic (exact) mass is 472 g/mol. The van der Waals surface area contributed by atoms with Gasteiger partial charge < -0.3 is 24.8 Å². The van der Waals surface area contributed by atoms with Crippen LogP contribution in [0.1, 0.15) is 45.9 Å². The van der Waals surface area contributed by atoms with E-state index in [2.05, 4.69) is 16.8 Å². The number of aliphatic hydroxyl groups excluding tert-OH is 1. The summed E-state index contributed by atoms with van der Waals surface area (Å²) in [5, 5.41) is 12.3. The molecule has 1 amide bonds. The number of benzene rings is 3. The van der Waals surface area contributed by atoms with Crippen molar-refractivity contribution >= 4 is 11.6 Å². The lowest BCUT2D eigenvalue weighted by Crippen LogP contribution is -2.37. The standard InChI is InChI=1S/C29H32N2O4/c1-3-17-31(2)19-26-18-27(22-11-9-21(20-32)10-12-22)35-29(34-26)24-13-15-25(16-14-24)30-28(33)23-7-5-4-6-8-23/h3-16,26-27,29,32H,1,17-20H2,2H3,(H,30,33)/t26-,27+,29+/m0/s1. The molecule has 6 nitrogen and oxygen atoms in total. The van der Waals surface area contributed by atoms with Gasteiger partial charge >= 0.3 is 0 Å². The molecule has 1 saturated heterocycles. The average molecular weight is 473 g/mol. The molecule has 0 bridgehead atoms. The second-order valence-corrected chi connectivity index (χ2v) is 8.80. The Bertz CT molecular complexity index is 1100. The maximum Gasteiger partial charge on any atom is 0.255 e. The lowest BCUT2D eigenvalue weighted by Gasteiger charge is -2.37. The van der Waals surface area contributed by atoms with E-state index >= 15 is 0 Å². The Kier molecular flexibility index (Phi) is 8.45. The molecule has 35 heavy (non-hydrogen) atoms. The zero-order chi connectivity index (χ0) is 24.6. The van der Waals surface area contributed by atoms with Crippen LogP contribution in [0, 0.1) is 0 Å². The number of nitrogens with zero attached hydrogens (tertiary/aromatic N) is 1. The summed E-state index contributed by atoms with van der Waals surface area (Å²) < 4.78 is 12.7. The van der Waals surface area contributed by atoms with Crippen molar-refractivity contribution in [2.24, 2.45) is 0 Å². The molecule has 1 aliphatic rings. The van der Waals surface area contributed by atoms with Gasteiger partial charge in [-0.2, -0.15) is 0 Å². The van der Waals surface area contributed by atoms with Crippen LogP contribution in [0.2, 0.25) is 0 Å². The summed E-state index contributed by atoms with van der Waals surface area (Å²) in [7, 11) is 2.05. The third kappa shape index (κ3) is 6.65. The number of carbonyl (C=O) groups is 1. The quantitative estimate of drug-likeness (QED) is 0.424. The van der Waals surface area contributed by atoms with Crippen LogP contribution in [-0.4, -0.2) is 42.2 Å². The molecule has 0 spiro atoms. The normalized spacial score (nSPS) is 19.9. The minimum absolute atomic E-state index is 0.0136. The van der Waals surface area contributed by atoms with Gasteiger partial charge in [0.2, 0.25) is 0 Å². The summed E-state index contributed by atoms with van der Waals surface area (Å²) in [4.78, 5) is 14.6. The molecule has 0 aromatic heterocycles. The second-order valence-electron chi connectivity index (χ2n) is 8.80. The molecule has 0 unspecified atom stereocenters. The Balaban J connectivity index is 1.49. The van der Waals surface area contributed by atoms with Gasteiger partial charge in [0, 0.05) is 36.3 Å². The molecule has 4 rings (SSSR count). The van der Waals surface area contributed by atoms with Crippen LogP contribution in [0.5, 0.6) is 0 Å². The van der Waals surface area contributed by atoms with Crippen molar-refractivity contribution in [2.45, 2.75) is 31.5 Å². The predicted molar refractivity (Wildman–Crippen MR) is 137 cm³/mol. The minimum atomic E-state index is -0.535. The first-order valence-electron chi connectivity index (χ1n) is 11.8.